The van der Waals surface area contributed by atoms with E-state index in [2.05, 4.69) is 4.98 Å². The molecule has 1 N–H and O–H groups in total. The summed E-state index contributed by atoms with van der Waals surface area (Å²) in [6.07, 6.45) is 5.67. The van der Waals surface area contributed by atoms with Crippen LogP contribution < -0.4 is 0 Å². The highest BCUT2D eigenvalue weighted by molar-refractivity contribution is 5.95. The van der Waals surface area contributed by atoms with Crippen LogP contribution >= 0.6 is 0 Å². The van der Waals surface area contributed by atoms with Gasteiger partial charge in [0, 0.05) is 49.3 Å². The Labute approximate surface area is 144 Å². The topological polar surface area (TPSA) is 84.7 Å². The van der Waals surface area contributed by atoms with Gasteiger partial charge in [0.15, 0.2) is 0 Å². The van der Waals surface area contributed by atoms with Crippen molar-refractivity contribution in [1.29, 1.82) is 0 Å². The summed E-state index contributed by atoms with van der Waals surface area (Å²) in [4.78, 5) is 30.3. The van der Waals surface area contributed by atoms with E-state index < -0.39 is 11.4 Å². The van der Waals surface area contributed by atoms with Gasteiger partial charge < -0.3 is 19.3 Å². The number of hydrogen-bond donors (Lipinski definition) is 1. The first-order valence-corrected chi connectivity index (χ1v) is 8.29. The third-order valence-corrected chi connectivity index (χ3v) is 5.34. The summed E-state index contributed by atoms with van der Waals surface area (Å²) in [5.41, 5.74) is 0.605. The molecule has 0 bridgehead atoms. The molecule has 1 aromatic carbocycles. The maximum atomic E-state index is 12.8. The van der Waals surface area contributed by atoms with Crippen LogP contribution in [0.15, 0.2) is 43.0 Å². The molecule has 0 spiro atoms. The molecular weight excluding hydrogens is 322 g/mol. The van der Waals surface area contributed by atoms with Gasteiger partial charge in [-0.15, -0.1) is 0 Å². The maximum Gasteiger partial charge on any atom is 0.311 e. The molecule has 0 radical (unpaired) electrons. The minimum Gasteiger partial charge on any atom is -0.481 e. The number of carboxylic acids is 1. The predicted molar refractivity (Wildman–Crippen MR) is 88.5 cm³/mol. The zero-order chi connectivity index (χ0) is 17.4. The maximum absolute atomic E-state index is 12.8. The number of carboxylic acid groups (broad SMARTS) is 1. The van der Waals surface area contributed by atoms with Crippen molar-refractivity contribution in [3.63, 3.8) is 0 Å². The number of aliphatic carboxylic acids is 1. The Balaban J connectivity index is 1.54. The lowest BCUT2D eigenvalue weighted by atomic mass is 9.74. The van der Waals surface area contributed by atoms with Crippen LogP contribution in [0.2, 0.25) is 0 Å². The van der Waals surface area contributed by atoms with Gasteiger partial charge in [0.05, 0.1) is 18.3 Å². The molecule has 7 heteroatoms. The number of benzene rings is 1. The van der Waals surface area contributed by atoms with Crippen LogP contribution in [0.1, 0.15) is 16.8 Å². The molecule has 2 aliphatic heterocycles. The molecule has 4 rings (SSSR count). The van der Waals surface area contributed by atoms with E-state index in [0.717, 1.165) is 5.69 Å². The Morgan fingerprint density at radius 3 is 2.72 bits per heavy atom. The molecule has 2 fully saturated rings. The Morgan fingerprint density at radius 2 is 2.08 bits per heavy atom. The number of amides is 1. The second-order valence-corrected chi connectivity index (χ2v) is 6.69. The van der Waals surface area contributed by atoms with Gasteiger partial charge in [-0.2, -0.15) is 0 Å². The fraction of sp³-hybridized carbons (Fsp3) is 0.389. The number of rotatable bonds is 3. The normalized spacial score (nSPS) is 25.6. The van der Waals surface area contributed by atoms with E-state index in [4.69, 9.17) is 4.74 Å². The lowest BCUT2D eigenvalue weighted by molar-refractivity contribution is -0.157. The lowest BCUT2D eigenvalue weighted by Crippen LogP contribution is -2.45. The number of carbonyl (C=O) groups is 2. The first kappa shape index (κ1) is 15.8. The molecule has 0 unspecified atom stereocenters. The van der Waals surface area contributed by atoms with Crippen molar-refractivity contribution in [3.05, 3.63) is 48.5 Å². The Morgan fingerprint density at radius 1 is 1.28 bits per heavy atom. The molecule has 2 saturated heterocycles. The number of fused-ring (bicyclic) bond motifs is 1. The van der Waals surface area contributed by atoms with E-state index >= 15 is 0 Å². The number of imidazole rings is 1. The molecule has 0 aliphatic carbocycles. The van der Waals surface area contributed by atoms with Crippen LogP contribution in [-0.4, -0.2) is 57.7 Å². The second-order valence-electron chi connectivity index (χ2n) is 6.69. The van der Waals surface area contributed by atoms with E-state index in [1.54, 1.807) is 29.6 Å². The molecule has 25 heavy (non-hydrogen) atoms. The Kier molecular flexibility index (Phi) is 3.80. The molecule has 1 aromatic heterocycles. The van der Waals surface area contributed by atoms with Gasteiger partial charge in [-0.25, -0.2) is 4.98 Å². The second kappa shape index (κ2) is 6.00. The van der Waals surface area contributed by atoms with Gasteiger partial charge in [0.1, 0.15) is 0 Å². The molecule has 130 valence electrons. The Bertz CT molecular complexity index is 787. The van der Waals surface area contributed by atoms with Gasteiger partial charge in [-0.3, -0.25) is 9.59 Å². The highest BCUT2D eigenvalue weighted by atomic mass is 16.5. The molecule has 2 aliphatic rings. The fourth-order valence-corrected chi connectivity index (χ4v) is 3.82. The van der Waals surface area contributed by atoms with Gasteiger partial charge in [0.2, 0.25) is 0 Å². The first-order chi connectivity index (χ1) is 12.1. The summed E-state index contributed by atoms with van der Waals surface area (Å²) in [5.74, 6) is -1.10. The van der Waals surface area contributed by atoms with E-state index in [1.165, 1.54) is 0 Å². The molecular formula is C18H19N3O4. The lowest BCUT2D eigenvalue weighted by Gasteiger charge is -2.33. The van der Waals surface area contributed by atoms with Gasteiger partial charge in [-0.05, 0) is 30.7 Å². The van der Waals surface area contributed by atoms with Gasteiger partial charge >= 0.3 is 5.97 Å². The number of likely N-dealkylation sites (tertiary alicyclic amines) is 1. The number of hydrogen-bond acceptors (Lipinski definition) is 4. The highest BCUT2D eigenvalue weighted by Gasteiger charge is 2.54. The van der Waals surface area contributed by atoms with Crippen LogP contribution in [-0.2, 0) is 9.53 Å². The zero-order valence-corrected chi connectivity index (χ0v) is 13.7. The quantitative estimate of drug-likeness (QED) is 0.913. The summed E-state index contributed by atoms with van der Waals surface area (Å²) in [6.45, 7) is 1.51. The van der Waals surface area contributed by atoms with Crippen LogP contribution in [0.4, 0.5) is 0 Å². The monoisotopic (exact) mass is 341 g/mol. The van der Waals surface area contributed by atoms with Crippen LogP contribution in [0.5, 0.6) is 0 Å². The molecule has 3 heterocycles. The van der Waals surface area contributed by atoms with Crippen molar-refractivity contribution < 1.29 is 19.4 Å². The zero-order valence-electron chi connectivity index (χ0n) is 13.7. The molecule has 2 aromatic rings. The number of nitrogens with zero attached hydrogens (tertiary/aromatic N) is 3. The van der Waals surface area contributed by atoms with Crippen LogP contribution in [0.3, 0.4) is 0 Å². The van der Waals surface area contributed by atoms with Gasteiger partial charge in [-0.1, -0.05) is 0 Å². The summed E-state index contributed by atoms with van der Waals surface area (Å²) in [6, 6.07) is 7.25. The van der Waals surface area contributed by atoms with Crippen molar-refractivity contribution in [2.75, 3.05) is 26.3 Å². The van der Waals surface area contributed by atoms with Crippen LogP contribution in [0, 0.1) is 11.3 Å². The Hall–Kier alpha value is -2.67. The minimum absolute atomic E-state index is 0.132. The largest absolute Gasteiger partial charge is 0.481 e. The molecule has 2 atom stereocenters. The smallest absolute Gasteiger partial charge is 0.311 e. The molecule has 1 amide bonds. The fourth-order valence-electron chi connectivity index (χ4n) is 3.82. The third-order valence-electron chi connectivity index (χ3n) is 5.34. The summed E-state index contributed by atoms with van der Waals surface area (Å²) >= 11 is 0. The van der Waals surface area contributed by atoms with E-state index in [-0.39, 0.29) is 18.4 Å². The number of ether oxygens (including phenoxy) is 1. The third kappa shape index (κ3) is 2.60. The van der Waals surface area contributed by atoms with Crippen molar-refractivity contribution in [1.82, 2.24) is 14.5 Å². The SMILES string of the molecule is O=C(c1ccc(-n2ccnc2)cc1)N1C[C@H]2COCC[C@@]2(C(=O)O)C1. The number of carbonyl (C=O) groups excluding carboxylic acids is 1. The van der Waals surface area contributed by atoms with Gasteiger partial charge in [0.25, 0.3) is 5.91 Å². The minimum atomic E-state index is -0.870. The van der Waals surface area contributed by atoms with Crippen LogP contribution in [0.25, 0.3) is 5.69 Å². The van der Waals surface area contributed by atoms with Crippen molar-refractivity contribution in [3.8, 4) is 5.69 Å². The predicted octanol–water partition coefficient (Wildman–Crippen LogP) is 1.44. The summed E-state index contributed by atoms with van der Waals surface area (Å²) in [7, 11) is 0. The standard InChI is InChI=1S/C18H19N3O4/c22-16(13-1-3-15(4-2-13)20-7-6-19-12-20)21-9-14-10-25-8-5-18(14,11-21)17(23)24/h1-4,6-7,12,14H,5,8-11H2,(H,23,24)/t14-,18+/m0/s1. The van der Waals surface area contributed by atoms with Crippen molar-refractivity contribution >= 4 is 11.9 Å². The van der Waals surface area contributed by atoms with Crippen molar-refractivity contribution in [2.24, 2.45) is 11.3 Å². The average Bonchev–Trinajstić information content (AvgIpc) is 3.29. The van der Waals surface area contributed by atoms with E-state index in [0.29, 0.717) is 31.7 Å². The number of aromatic nitrogens is 2. The molecule has 7 nitrogen and oxygen atoms in total. The summed E-state index contributed by atoms with van der Waals surface area (Å²) in [5, 5.41) is 9.71. The highest BCUT2D eigenvalue weighted by Crippen LogP contribution is 2.42. The molecule has 0 saturated carbocycles. The average molecular weight is 341 g/mol. The summed E-state index contributed by atoms with van der Waals surface area (Å²) < 4.78 is 7.30. The van der Waals surface area contributed by atoms with Crippen molar-refractivity contribution in [2.45, 2.75) is 6.42 Å². The van der Waals surface area contributed by atoms with E-state index in [9.17, 15) is 14.7 Å². The van der Waals surface area contributed by atoms with E-state index in [1.807, 2.05) is 22.9 Å². The first-order valence-electron chi connectivity index (χ1n) is 8.29.